The van der Waals surface area contributed by atoms with Crippen LogP contribution in [0.3, 0.4) is 0 Å². The van der Waals surface area contributed by atoms with Gasteiger partial charge in [0.2, 0.25) is 0 Å². The molecule has 0 aromatic heterocycles. The molecule has 1 spiro atoms. The number of hydrogen-bond acceptors (Lipinski definition) is 8. The lowest BCUT2D eigenvalue weighted by molar-refractivity contribution is -0.178. The molecule has 0 amide bonds. The number of ether oxygens (including phenoxy) is 3. The van der Waals surface area contributed by atoms with Gasteiger partial charge < -0.3 is 29.5 Å². The molecular weight excluding hydrogens is 368 g/mol. The smallest absolute Gasteiger partial charge is 0.309 e. The van der Waals surface area contributed by atoms with Crippen molar-refractivity contribution in [1.82, 2.24) is 0 Å². The number of aliphatic hydroxyl groups is 3. The Hall–Kier alpha value is -1.22. The van der Waals surface area contributed by atoms with Gasteiger partial charge in [-0.3, -0.25) is 9.59 Å². The minimum Gasteiger partial charge on any atom is -0.462 e. The van der Waals surface area contributed by atoms with Gasteiger partial charge in [0.1, 0.15) is 30.0 Å². The number of rotatable bonds is 3. The maximum absolute atomic E-state index is 12.5. The van der Waals surface area contributed by atoms with E-state index < -0.39 is 70.9 Å². The van der Waals surface area contributed by atoms with Crippen LogP contribution in [-0.2, 0) is 23.8 Å². The van der Waals surface area contributed by atoms with Crippen molar-refractivity contribution in [3.63, 3.8) is 0 Å². The molecule has 11 atom stereocenters. The van der Waals surface area contributed by atoms with Gasteiger partial charge in [0.05, 0.1) is 29.0 Å². The summed E-state index contributed by atoms with van der Waals surface area (Å²) in [4.78, 5) is 24.9. The first-order valence-corrected chi connectivity index (χ1v) is 10.1. The Kier molecular flexibility index (Phi) is 4.23. The molecule has 2 heterocycles. The van der Waals surface area contributed by atoms with Crippen LogP contribution in [0.15, 0.2) is 0 Å². The number of carbonyl (C=O) groups is 2. The van der Waals surface area contributed by atoms with Crippen LogP contribution in [0.4, 0.5) is 0 Å². The van der Waals surface area contributed by atoms with E-state index in [9.17, 15) is 24.9 Å². The highest BCUT2D eigenvalue weighted by molar-refractivity contribution is 5.76. The van der Waals surface area contributed by atoms with E-state index in [2.05, 4.69) is 0 Å². The highest BCUT2D eigenvalue weighted by Crippen LogP contribution is 2.68. The molecule has 158 valence electrons. The van der Waals surface area contributed by atoms with E-state index in [-0.39, 0.29) is 12.3 Å². The molecule has 4 aliphatic rings. The first-order valence-electron chi connectivity index (χ1n) is 10.1. The monoisotopic (exact) mass is 398 g/mol. The lowest BCUT2D eigenvalue weighted by Crippen LogP contribution is -2.56. The van der Waals surface area contributed by atoms with Crippen LogP contribution in [0.25, 0.3) is 0 Å². The summed E-state index contributed by atoms with van der Waals surface area (Å²) in [7, 11) is 0. The van der Waals surface area contributed by atoms with E-state index in [4.69, 9.17) is 14.2 Å². The summed E-state index contributed by atoms with van der Waals surface area (Å²) in [5.74, 6) is -3.09. The Labute approximate surface area is 164 Å². The summed E-state index contributed by atoms with van der Waals surface area (Å²) in [5, 5.41) is 33.0. The molecule has 28 heavy (non-hydrogen) atoms. The third kappa shape index (κ3) is 2.32. The SMILES string of the molecule is CCC(C)C(=O)OC1CC(C)(O)C23OC2C(O)C(C)(O)C3C2OC(=O)C(C)C12. The number of epoxide rings is 1. The summed E-state index contributed by atoms with van der Waals surface area (Å²) in [6.07, 6.45) is -2.92. The Morgan fingerprint density at radius 3 is 2.61 bits per heavy atom. The minimum atomic E-state index is -1.62. The molecule has 2 saturated heterocycles. The van der Waals surface area contributed by atoms with Crippen molar-refractivity contribution < 1.29 is 39.1 Å². The molecule has 0 aromatic carbocycles. The van der Waals surface area contributed by atoms with Crippen LogP contribution in [0.2, 0.25) is 0 Å². The third-order valence-electron chi connectivity index (χ3n) is 7.73. The van der Waals surface area contributed by atoms with Crippen molar-refractivity contribution in [3.05, 3.63) is 0 Å². The van der Waals surface area contributed by atoms with Crippen LogP contribution in [-0.4, -0.2) is 68.5 Å². The maximum Gasteiger partial charge on any atom is 0.309 e. The minimum absolute atomic E-state index is 0.0348. The molecule has 8 nitrogen and oxygen atoms in total. The molecule has 2 saturated carbocycles. The van der Waals surface area contributed by atoms with E-state index in [0.717, 1.165) is 0 Å². The average molecular weight is 398 g/mol. The quantitative estimate of drug-likeness (QED) is 0.453. The lowest BCUT2D eigenvalue weighted by Gasteiger charge is -2.40. The van der Waals surface area contributed by atoms with Crippen LogP contribution in [0.1, 0.15) is 47.5 Å². The number of fused-ring (bicyclic) bond motifs is 2. The van der Waals surface area contributed by atoms with Gasteiger partial charge in [-0.2, -0.15) is 0 Å². The van der Waals surface area contributed by atoms with E-state index in [1.54, 1.807) is 20.8 Å². The van der Waals surface area contributed by atoms with E-state index >= 15 is 0 Å². The van der Waals surface area contributed by atoms with Crippen molar-refractivity contribution in [2.45, 2.75) is 88.7 Å². The van der Waals surface area contributed by atoms with Gasteiger partial charge in [0, 0.05) is 12.3 Å². The van der Waals surface area contributed by atoms with Crippen molar-refractivity contribution >= 4 is 11.9 Å². The summed E-state index contributed by atoms with van der Waals surface area (Å²) in [5.41, 5.74) is -4.35. The second kappa shape index (κ2) is 5.90. The Bertz CT molecular complexity index is 702. The normalized spacial score (nSPS) is 55.4. The molecule has 8 heteroatoms. The number of aliphatic hydroxyl groups excluding tert-OH is 1. The summed E-state index contributed by atoms with van der Waals surface area (Å²) in [6.45, 7) is 8.41. The number of hydrogen-bond donors (Lipinski definition) is 3. The van der Waals surface area contributed by atoms with Gasteiger partial charge in [0.15, 0.2) is 0 Å². The Morgan fingerprint density at radius 1 is 1.36 bits per heavy atom. The average Bonchev–Trinajstić information content (AvgIpc) is 3.25. The van der Waals surface area contributed by atoms with Crippen molar-refractivity contribution in [1.29, 1.82) is 0 Å². The summed E-state index contributed by atoms with van der Waals surface area (Å²) < 4.78 is 17.2. The van der Waals surface area contributed by atoms with Crippen molar-refractivity contribution in [2.24, 2.45) is 23.7 Å². The molecule has 2 aliphatic carbocycles. The Morgan fingerprint density at radius 2 is 2.00 bits per heavy atom. The lowest BCUT2D eigenvalue weighted by atomic mass is 9.72. The van der Waals surface area contributed by atoms with Gasteiger partial charge in [-0.05, 0) is 20.3 Å². The zero-order chi connectivity index (χ0) is 20.8. The second-order valence-electron chi connectivity index (χ2n) is 9.51. The predicted molar refractivity (Wildman–Crippen MR) is 94.8 cm³/mol. The predicted octanol–water partition coefficient (Wildman–Crippen LogP) is 0.156. The second-order valence-corrected chi connectivity index (χ2v) is 9.51. The van der Waals surface area contributed by atoms with E-state index in [1.165, 1.54) is 6.92 Å². The van der Waals surface area contributed by atoms with Crippen LogP contribution in [0, 0.1) is 23.7 Å². The Balaban J connectivity index is 1.78. The molecule has 0 aromatic rings. The van der Waals surface area contributed by atoms with Crippen LogP contribution < -0.4 is 0 Å². The van der Waals surface area contributed by atoms with Gasteiger partial charge in [0.25, 0.3) is 0 Å². The van der Waals surface area contributed by atoms with E-state index in [0.29, 0.717) is 6.42 Å². The molecule has 3 N–H and O–H groups in total. The standard InChI is InChI=1S/C20H30O8/c1-6-8(2)16(22)26-10-7-18(4,24)20-13(12-11(10)9(3)17(23)27-12)19(5,25)14(21)15(20)28-20/h8-15,21,24-25H,6-7H2,1-5H3. The summed E-state index contributed by atoms with van der Waals surface area (Å²) >= 11 is 0. The molecule has 2 aliphatic heterocycles. The fraction of sp³-hybridized carbons (Fsp3) is 0.900. The fourth-order valence-corrected chi connectivity index (χ4v) is 5.82. The third-order valence-corrected chi connectivity index (χ3v) is 7.73. The molecule has 0 bridgehead atoms. The largest absolute Gasteiger partial charge is 0.462 e. The van der Waals surface area contributed by atoms with Crippen molar-refractivity contribution in [2.75, 3.05) is 0 Å². The van der Waals surface area contributed by atoms with Gasteiger partial charge in [-0.15, -0.1) is 0 Å². The van der Waals surface area contributed by atoms with Gasteiger partial charge in [-0.1, -0.05) is 20.8 Å². The molecule has 0 radical (unpaired) electrons. The number of carbonyl (C=O) groups excluding carboxylic acids is 2. The van der Waals surface area contributed by atoms with E-state index in [1.807, 2.05) is 6.92 Å². The first kappa shape index (κ1) is 20.1. The highest BCUT2D eigenvalue weighted by atomic mass is 16.7. The zero-order valence-corrected chi connectivity index (χ0v) is 16.9. The zero-order valence-electron chi connectivity index (χ0n) is 16.9. The van der Waals surface area contributed by atoms with Gasteiger partial charge >= 0.3 is 11.9 Å². The molecule has 4 rings (SSSR count). The topological polar surface area (TPSA) is 126 Å². The van der Waals surface area contributed by atoms with Crippen LogP contribution in [0.5, 0.6) is 0 Å². The first-order chi connectivity index (χ1) is 12.9. The van der Waals surface area contributed by atoms with Gasteiger partial charge in [-0.25, -0.2) is 0 Å². The number of esters is 2. The fourth-order valence-electron chi connectivity index (χ4n) is 5.82. The highest BCUT2D eigenvalue weighted by Gasteiger charge is 2.87. The van der Waals surface area contributed by atoms with Crippen LogP contribution >= 0.6 is 0 Å². The molecule has 4 fully saturated rings. The maximum atomic E-state index is 12.5. The summed E-state index contributed by atoms with van der Waals surface area (Å²) in [6, 6.07) is 0. The van der Waals surface area contributed by atoms with Crippen molar-refractivity contribution in [3.8, 4) is 0 Å². The molecule has 11 unspecified atom stereocenters. The molecular formula is C20H30O8.